The maximum absolute atomic E-state index is 12.7. The van der Waals surface area contributed by atoms with E-state index in [0.717, 1.165) is 28.1 Å². The van der Waals surface area contributed by atoms with E-state index in [1.165, 1.54) is 0 Å². The monoisotopic (exact) mass is 469 g/mol. The lowest BCUT2D eigenvalue weighted by Gasteiger charge is -2.51. The molecule has 0 aliphatic carbocycles. The Hall–Kier alpha value is -2.73. The fourth-order valence-electron chi connectivity index (χ4n) is 4.93. The van der Waals surface area contributed by atoms with Gasteiger partial charge >= 0.3 is 6.09 Å². The van der Waals surface area contributed by atoms with E-state index in [0.29, 0.717) is 18.1 Å². The standard InChI is InChI=1S/C26H32ClN3O3/c1-16-9-8-10-19(27)21(16)26(14-30(15-26)23(32)33-24(2,3)4)28-17-11-12-18-20(13-17)29(7)22(31)25(18,5)6/h8-13,28H,14-15H2,1-7H3. The van der Waals surface area contributed by atoms with Gasteiger partial charge in [0.15, 0.2) is 0 Å². The van der Waals surface area contributed by atoms with Crippen LogP contribution in [-0.4, -0.2) is 42.6 Å². The molecule has 4 rings (SSSR count). The number of ether oxygens (including phenoxy) is 1. The van der Waals surface area contributed by atoms with Gasteiger partial charge in [-0.05, 0) is 70.9 Å². The van der Waals surface area contributed by atoms with E-state index in [-0.39, 0.29) is 12.0 Å². The van der Waals surface area contributed by atoms with Crippen molar-refractivity contribution >= 4 is 35.0 Å². The normalized spacial score (nSPS) is 18.6. The van der Waals surface area contributed by atoms with E-state index in [9.17, 15) is 9.59 Å². The largest absolute Gasteiger partial charge is 0.444 e. The lowest BCUT2D eigenvalue weighted by Crippen LogP contribution is -2.65. The minimum Gasteiger partial charge on any atom is -0.444 e. The molecule has 2 aliphatic rings. The summed E-state index contributed by atoms with van der Waals surface area (Å²) in [5, 5.41) is 4.31. The zero-order chi connectivity index (χ0) is 24.3. The van der Waals surface area contributed by atoms with E-state index in [4.69, 9.17) is 16.3 Å². The number of likely N-dealkylation sites (tertiary alicyclic amines) is 1. The molecule has 2 heterocycles. The first-order chi connectivity index (χ1) is 15.2. The molecule has 1 fully saturated rings. The number of hydrogen-bond acceptors (Lipinski definition) is 4. The molecule has 0 atom stereocenters. The number of carbonyl (C=O) groups excluding carboxylic acids is 2. The molecular weight excluding hydrogens is 438 g/mol. The van der Waals surface area contributed by atoms with Crippen molar-refractivity contribution in [2.45, 2.75) is 58.1 Å². The number of fused-ring (bicyclic) bond motifs is 1. The maximum Gasteiger partial charge on any atom is 0.410 e. The zero-order valence-electron chi connectivity index (χ0n) is 20.4. The average Bonchev–Trinajstić information content (AvgIpc) is 2.84. The lowest BCUT2D eigenvalue weighted by atomic mass is 9.79. The highest BCUT2D eigenvalue weighted by Gasteiger charge is 2.50. The minimum atomic E-state index is -0.565. The second-order valence-electron chi connectivity index (χ2n) is 10.7. The Balaban J connectivity index is 1.69. The number of nitrogens with one attached hydrogen (secondary N) is 1. The van der Waals surface area contributed by atoms with Crippen molar-refractivity contribution in [1.29, 1.82) is 0 Å². The molecule has 2 aromatic rings. The highest BCUT2D eigenvalue weighted by atomic mass is 35.5. The van der Waals surface area contributed by atoms with E-state index >= 15 is 0 Å². The number of likely N-dealkylation sites (N-methyl/N-ethyl adjacent to an activating group) is 1. The molecule has 1 N–H and O–H groups in total. The van der Waals surface area contributed by atoms with Crippen LogP contribution in [0, 0.1) is 6.92 Å². The van der Waals surface area contributed by atoms with E-state index < -0.39 is 16.6 Å². The number of rotatable bonds is 3. The Labute approximate surface area is 200 Å². The Morgan fingerprint density at radius 1 is 1.15 bits per heavy atom. The third-order valence-electron chi connectivity index (χ3n) is 6.53. The molecule has 1 saturated heterocycles. The van der Waals surface area contributed by atoms with Crippen LogP contribution in [0.25, 0.3) is 0 Å². The molecule has 0 aromatic heterocycles. The molecular formula is C26H32ClN3O3. The first kappa shape index (κ1) is 23.4. The zero-order valence-corrected chi connectivity index (χ0v) is 21.1. The van der Waals surface area contributed by atoms with Crippen LogP contribution in [-0.2, 0) is 20.5 Å². The van der Waals surface area contributed by atoms with E-state index in [1.807, 2.05) is 77.9 Å². The van der Waals surface area contributed by atoms with Gasteiger partial charge in [-0.1, -0.05) is 29.8 Å². The van der Waals surface area contributed by atoms with Crippen molar-refractivity contribution in [2.75, 3.05) is 30.4 Å². The van der Waals surface area contributed by atoms with Crippen LogP contribution in [0.4, 0.5) is 16.2 Å². The molecule has 0 unspecified atom stereocenters. The van der Waals surface area contributed by atoms with Crippen molar-refractivity contribution in [3.63, 3.8) is 0 Å². The predicted molar refractivity (Wildman–Crippen MR) is 132 cm³/mol. The first-order valence-corrected chi connectivity index (χ1v) is 11.6. The highest BCUT2D eigenvalue weighted by molar-refractivity contribution is 6.31. The SMILES string of the molecule is Cc1cccc(Cl)c1C1(Nc2ccc3c(c2)N(C)C(=O)C3(C)C)CN(C(=O)OC(C)(C)C)C1. The van der Waals surface area contributed by atoms with Gasteiger partial charge in [0.1, 0.15) is 5.60 Å². The summed E-state index contributed by atoms with van der Waals surface area (Å²) in [6.45, 7) is 12.3. The van der Waals surface area contributed by atoms with Crippen molar-refractivity contribution in [1.82, 2.24) is 4.90 Å². The Bertz CT molecular complexity index is 1110. The van der Waals surface area contributed by atoms with Crippen molar-refractivity contribution < 1.29 is 14.3 Å². The molecule has 7 heteroatoms. The van der Waals surface area contributed by atoms with Crippen LogP contribution in [0.2, 0.25) is 5.02 Å². The quantitative estimate of drug-likeness (QED) is 0.648. The van der Waals surface area contributed by atoms with Gasteiger partial charge in [-0.25, -0.2) is 4.79 Å². The summed E-state index contributed by atoms with van der Waals surface area (Å²) >= 11 is 6.67. The summed E-state index contributed by atoms with van der Waals surface area (Å²) in [6, 6.07) is 11.8. The highest BCUT2D eigenvalue weighted by Crippen LogP contribution is 2.45. The molecule has 2 aliphatic heterocycles. The Kier molecular flexibility index (Phi) is 5.44. The molecule has 176 valence electrons. The summed E-state index contributed by atoms with van der Waals surface area (Å²) in [5.74, 6) is 0.0751. The van der Waals surface area contributed by atoms with Crippen LogP contribution in [0.1, 0.15) is 51.3 Å². The Morgan fingerprint density at radius 2 is 1.82 bits per heavy atom. The van der Waals surface area contributed by atoms with Gasteiger partial charge in [0.05, 0.1) is 24.0 Å². The predicted octanol–water partition coefficient (Wildman–Crippen LogP) is 5.46. The number of amides is 2. The summed E-state index contributed by atoms with van der Waals surface area (Å²) in [5.41, 5.74) is 3.11. The number of aryl methyl sites for hydroxylation is 1. The number of benzene rings is 2. The van der Waals surface area contributed by atoms with Gasteiger partial charge in [0.25, 0.3) is 0 Å². The van der Waals surface area contributed by atoms with Gasteiger partial charge in [-0.15, -0.1) is 0 Å². The number of carbonyl (C=O) groups is 2. The fraction of sp³-hybridized carbons (Fsp3) is 0.462. The molecule has 6 nitrogen and oxygen atoms in total. The number of nitrogens with zero attached hydrogens (tertiary/aromatic N) is 2. The molecule has 0 spiro atoms. The lowest BCUT2D eigenvalue weighted by molar-refractivity contribution is -0.121. The number of hydrogen-bond donors (Lipinski definition) is 1. The van der Waals surface area contributed by atoms with Gasteiger partial charge in [-0.2, -0.15) is 0 Å². The smallest absolute Gasteiger partial charge is 0.410 e. The van der Waals surface area contributed by atoms with Crippen LogP contribution in [0.15, 0.2) is 36.4 Å². The second-order valence-corrected chi connectivity index (χ2v) is 11.1. The van der Waals surface area contributed by atoms with Crippen LogP contribution in [0.3, 0.4) is 0 Å². The first-order valence-electron chi connectivity index (χ1n) is 11.2. The number of anilines is 2. The maximum atomic E-state index is 12.7. The van der Waals surface area contributed by atoms with Gasteiger partial charge in [-0.3, -0.25) is 4.79 Å². The van der Waals surface area contributed by atoms with Crippen LogP contribution in [0.5, 0.6) is 0 Å². The molecule has 0 saturated carbocycles. The van der Waals surface area contributed by atoms with E-state index in [1.54, 1.807) is 16.8 Å². The van der Waals surface area contributed by atoms with Crippen molar-refractivity contribution in [3.05, 3.63) is 58.1 Å². The summed E-state index contributed by atoms with van der Waals surface area (Å²) in [4.78, 5) is 28.8. The van der Waals surface area contributed by atoms with E-state index in [2.05, 4.69) is 5.32 Å². The molecule has 0 radical (unpaired) electrons. The Morgan fingerprint density at radius 3 is 2.42 bits per heavy atom. The van der Waals surface area contributed by atoms with Crippen LogP contribution < -0.4 is 10.2 Å². The summed E-state index contributed by atoms with van der Waals surface area (Å²) < 4.78 is 5.57. The van der Waals surface area contributed by atoms with Crippen LogP contribution >= 0.6 is 11.6 Å². The van der Waals surface area contributed by atoms with Crippen molar-refractivity contribution in [3.8, 4) is 0 Å². The molecule has 2 amide bonds. The molecule has 2 aromatic carbocycles. The average molecular weight is 470 g/mol. The molecule has 0 bridgehead atoms. The third-order valence-corrected chi connectivity index (χ3v) is 6.84. The van der Waals surface area contributed by atoms with Crippen molar-refractivity contribution in [2.24, 2.45) is 0 Å². The van der Waals surface area contributed by atoms with Gasteiger partial charge in [0.2, 0.25) is 5.91 Å². The van der Waals surface area contributed by atoms with Gasteiger partial charge in [0, 0.05) is 29.0 Å². The topological polar surface area (TPSA) is 61.9 Å². The number of halogens is 1. The summed E-state index contributed by atoms with van der Waals surface area (Å²) in [6.07, 6.45) is -0.342. The van der Waals surface area contributed by atoms with Gasteiger partial charge < -0.3 is 19.9 Å². The minimum absolute atomic E-state index is 0.0751. The fourth-order valence-corrected chi connectivity index (χ4v) is 5.34. The second kappa shape index (κ2) is 7.66. The molecule has 33 heavy (non-hydrogen) atoms. The third kappa shape index (κ3) is 3.95. The summed E-state index contributed by atoms with van der Waals surface area (Å²) in [7, 11) is 1.81.